The fraction of sp³-hybridized carbons (Fsp3) is 0.200. The Balaban J connectivity index is 2.10. The lowest BCUT2D eigenvalue weighted by molar-refractivity contribution is -0.114. The van der Waals surface area contributed by atoms with Gasteiger partial charge in [0.05, 0.1) is 11.6 Å². The monoisotopic (exact) mass is 552 g/mol. The molecule has 1 heterocycles. The smallest absolute Gasteiger partial charge is 0.305 e. The topological polar surface area (TPSA) is 138 Å². The minimum atomic E-state index is -5.38. The highest BCUT2D eigenvalue weighted by atomic mass is 35.5. The van der Waals surface area contributed by atoms with Crippen LogP contribution in [-0.2, 0) is 14.9 Å². The van der Waals surface area contributed by atoms with Gasteiger partial charge in [0.15, 0.2) is 17.7 Å². The van der Waals surface area contributed by atoms with Gasteiger partial charge in [0.25, 0.3) is 10.1 Å². The number of hydrogen-bond donors (Lipinski definition) is 3. The van der Waals surface area contributed by atoms with Crippen molar-refractivity contribution in [3.8, 4) is 0 Å². The zero-order chi connectivity index (χ0) is 27.1. The van der Waals surface area contributed by atoms with Crippen LogP contribution in [0.3, 0.4) is 0 Å². The summed E-state index contributed by atoms with van der Waals surface area (Å²) in [6.45, 7) is -1.06. The van der Waals surface area contributed by atoms with Gasteiger partial charge in [-0.3, -0.25) is 14.1 Å². The lowest BCUT2D eigenvalue weighted by atomic mass is 9.88. The summed E-state index contributed by atoms with van der Waals surface area (Å²) >= 11 is 6.47. The minimum absolute atomic E-state index is 0.0368. The van der Waals surface area contributed by atoms with Gasteiger partial charge >= 0.3 is 5.92 Å². The molecule has 8 nitrogen and oxygen atoms in total. The van der Waals surface area contributed by atoms with E-state index in [9.17, 15) is 32.8 Å². The van der Waals surface area contributed by atoms with Crippen LogP contribution in [0.25, 0.3) is 0 Å². The molecule has 0 saturated carbocycles. The molecule has 0 aromatic heterocycles. The van der Waals surface area contributed by atoms with Crippen LogP contribution in [0, 0.1) is 0 Å². The number of hydrogen-bond acceptors (Lipinski definition) is 7. The third kappa shape index (κ3) is 4.81. The van der Waals surface area contributed by atoms with Gasteiger partial charge in [0.2, 0.25) is 0 Å². The van der Waals surface area contributed by atoms with Gasteiger partial charge in [-0.2, -0.15) is 8.42 Å². The zero-order valence-electron chi connectivity index (χ0n) is 18.7. The molecule has 194 valence electrons. The average Bonchev–Trinajstić information content (AvgIpc) is 3.11. The molecular formula is C25H19ClF2O8S. The molecular weight excluding hydrogens is 534 g/mol. The summed E-state index contributed by atoms with van der Waals surface area (Å²) in [7, 11) is -5.38. The van der Waals surface area contributed by atoms with Crippen LogP contribution in [0.1, 0.15) is 43.5 Å². The average molecular weight is 553 g/mol. The van der Waals surface area contributed by atoms with E-state index in [1.54, 1.807) is 12.1 Å². The Hall–Kier alpha value is -3.06. The maximum atomic E-state index is 15.2. The molecule has 1 saturated heterocycles. The van der Waals surface area contributed by atoms with Gasteiger partial charge in [-0.25, -0.2) is 8.78 Å². The summed E-state index contributed by atoms with van der Waals surface area (Å²) in [5.41, 5.74) is -2.50. The fourth-order valence-electron chi connectivity index (χ4n) is 4.13. The van der Waals surface area contributed by atoms with Crippen molar-refractivity contribution in [2.24, 2.45) is 0 Å². The highest BCUT2D eigenvalue weighted by Crippen LogP contribution is 2.50. The van der Waals surface area contributed by atoms with Crippen LogP contribution in [0.5, 0.6) is 0 Å². The second kappa shape index (κ2) is 10.0. The van der Waals surface area contributed by atoms with E-state index in [4.69, 9.17) is 16.3 Å². The van der Waals surface area contributed by atoms with Crippen LogP contribution in [0.4, 0.5) is 8.78 Å². The quantitative estimate of drug-likeness (QED) is 0.299. The van der Waals surface area contributed by atoms with Crippen molar-refractivity contribution in [2.45, 2.75) is 29.1 Å². The van der Waals surface area contributed by atoms with Gasteiger partial charge in [-0.15, -0.1) is 0 Å². The molecule has 37 heavy (non-hydrogen) atoms. The molecule has 1 fully saturated rings. The molecule has 12 heteroatoms. The predicted octanol–water partition coefficient (Wildman–Crippen LogP) is 3.48. The lowest BCUT2D eigenvalue weighted by Gasteiger charge is -2.25. The van der Waals surface area contributed by atoms with Gasteiger partial charge in [-0.05, 0) is 6.07 Å². The van der Waals surface area contributed by atoms with Crippen molar-refractivity contribution in [1.82, 2.24) is 0 Å². The van der Waals surface area contributed by atoms with Crippen molar-refractivity contribution in [1.29, 1.82) is 0 Å². The van der Waals surface area contributed by atoms with Crippen molar-refractivity contribution in [3.63, 3.8) is 0 Å². The molecule has 1 aliphatic rings. The largest absolute Gasteiger partial charge is 0.394 e. The molecule has 1 aliphatic heterocycles. The standard InChI is InChI=1S/C25H19ClF2O8S/c26-20-15(21(30)13-7-3-1-4-8-13)11-17(37(33,34)35)18(19(20)22(31)14-9-5-2-6-10-14)24-25(27,28)23(32)16(12-29)36-24/h1-11,16,23-24,29,32H,12H2,(H,33,34,35)/t16-,23-,24+/m1/s1. The number of halogens is 3. The Morgan fingerprint density at radius 1 is 0.973 bits per heavy atom. The SMILES string of the molecule is O=C(c1ccccc1)c1cc(S(=O)(=O)O)c([C@@H]2O[C@H](CO)[C@@H](O)C2(F)F)c(C(=O)c2ccccc2)c1Cl. The Kier molecular flexibility index (Phi) is 7.30. The first-order valence-electron chi connectivity index (χ1n) is 10.7. The van der Waals surface area contributed by atoms with Crippen molar-refractivity contribution in [2.75, 3.05) is 6.61 Å². The summed E-state index contributed by atoms with van der Waals surface area (Å²) in [6.07, 6.45) is -7.06. The molecule has 0 bridgehead atoms. The van der Waals surface area contributed by atoms with E-state index < -0.39 is 79.1 Å². The molecule has 0 unspecified atom stereocenters. The second-order valence-electron chi connectivity index (χ2n) is 8.25. The maximum absolute atomic E-state index is 15.2. The molecule has 0 radical (unpaired) electrons. The van der Waals surface area contributed by atoms with Crippen LogP contribution in [-0.4, -0.2) is 59.5 Å². The fourth-order valence-corrected chi connectivity index (χ4v) is 5.22. The van der Waals surface area contributed by atoms with Crippen molar-refractivity contribution in [3.05, 3.63) is 99.6 Å². The third-order valence-electron chi connectivity index (χ3n) is 5.94. The third-order valence-corrected chi connectivity index (χ3v) is 7.22. The number of ketones is 2. The van der Waals surface area contributed by atoms with E-state index in [1.807, 2.05) is 0 Å². The van der Waals surface area contributed by atoms with E-state index >= 15 is 8.78 Å². The summed E-state index contributed by atoms with van der Waals surface area (Å²) in [6, 6.07) is 15.1. The Morgan fingerprint density at radius 3 is 1.95 bits per heavy atom. The zero-order valence-corrected chi connectivity index (χ0v) is 20.3. The number of aliphatic hydroxyl groups excluding tert-OH is 2. The molecule has 0 aliphatic carbocycles. The van der Waals surface area contributed by atoms with E-state index in [1.165, 1.54) is 48.5 Å². The number of carbonyl (C=O) groups excluding carboxylic acids is 2. The number of alkyl halides is 2. The summed E-state index contributed by atoms with van der Waals surface area (Å²) in [5, 5.41) is 18.8. The van der Waals surface area contributed by atoms with Crippen LogP contribution < -0.4 is 0 Å². The van der Waals surface area contributed by atoms with Gasteiger partial charge < -0.3 is 14.9 Å². The predicted molar refractivity (Wildman–Crippen MR) is 127 cm³/mol. The highest BCUT2D eigenvalue weighted by molar-refractivity contribution is 7.85. The second-order valence-corrected chi connectivity index (χ2v) is 10.0. The van der Waals surface area contributed by atoms with Crippen LogP contribution in [0.2, 0.25) is 5.02 Å². The van der Waals surface area contributed by atoms with E-state index in [2.05, 4.69) is 0 Å². The Morgan fingerprint density at radius 2 is 1.49 bits per heavy atom. The van der Waals surface area contributed by atoms with E-state index in [-0.39, 0.29) is 11.1 Å². The molecule has 3 N–H and O–H groups in total. The molecule has 4 rings (SSSR count). The Labute approximate surface area is 214 Å². The Bertz CT molecular complexity index is 1460. The minimum Gasteiger partial charge on any atom is -0.394 e. The molecule has 0 spiro atoms. The first kappa shape index (κ1) is 27.0. The highest BCUT2D eigenvalue weighted by Gasteiger charge is 2.60. The van der Waals surface area contributed by atoms with Crippen LogP contribution in [0.15, 0.2) is 71.6 Å². The van der Waals surface area contributed by atoms with Crippen molar-refractivity contribution < 1.29 is 46.3 Å². The maximum Gasteiger partial charge on any atom is 0.305 e. The summed E-state index contributed by atoms with van der Waals surface area (Å²) in [4.78, 5) is 25.6. The number of rotatable bonds is 7. The van der Waals surface area contributed by atoms with Crippen LogP contribution >= 0.6 is 11.6 Å². The first-order valence-corrected chi connectivity index (χ1v) is 12.6. The number of benzene rings is 3. The first-order chi connectivity index (χ1) is 17.4. The normalized spacial score (nSPS) is 21.1. The lowest BCUT2D eigenvalue weighted by Crippen LogP contribution is -2.38. The number of ether oxygens (including phenoxy) is 1. The van der Waals surface area contributed by atoms with E-state index in [0.29, 0.717) is 6.07 Å². The molecule has 3 aromatic carbocycles. The van der Waals surface area contributed by atoms with Gasteiger partial charge in [-0.1, -0.05) is 72.3 Å². The summed E-state index contributed by atoms with van der Waals surface area (Å²) < 4.78 is 70.5. The number of carbonyl (C=O) groups is 2. The molecule has 3 atom stereocenters. The number of aliphatic hydroxyl groups is 2. The molecule has 3 aromatic rings. The van der Waals surface area contributed by atoms with Gasteiger partial charge in [0, 0.05) is 27.8 Å². The molecule has 0 amide bonds. The summed E-state index contributed by atoms with van der Waals surface area (Å²) in [5.74, 6) is -6.13. The van der Waals surface area contributed by atoms with Crippen molar-refractivity contribution >= 4 is 33.3 Å². The van der Waals surface area contributed by atoms with E-state index in [0.717, 1.165) is 0 Å². The van der Waals surface area contributed by atoms with Gasteiger partial charge in [0.1, 0.15) is 17.1 Å².